The molecule has 0 saturated heterocycles. The number of nitriles is 1. The number of fused-ring (bicyclic) bond motifs is 1. The summed E-state index contributed by atoms with van der Waals surface area (Å²) in [6.45, 7) is 2.05. The monoisotopic (exact) mass is 202 g/mol. The first-order chi connectivity index (χ1) is 6.77. The number of benzene rings is 1. The fraction of sp³-hybridized carbons (Fsp3) is 0.182. The molecular formula is C11H10N2S. The van der Waals surface area contributed by atoms with Gasteiger partial charge in [0.15, 0.2) is 0 Å². The smallest absolute Gasteiger partial charge is 0.102 e. The summed E-state index contributed by atoms with van der Waals surface area (Å²) in [4.78, 5) is 0. The van der Waals surface area contributed by atoms with Gasteiger partial charge in [-0.15, -0.1) is 11.3 Å². The van der Waals surface area contributed by atoms with Gasteiger partial charge in [-0.2, -0.15) is 5.26 Å². The highest BCUT2D eigenvalue weighted by molar-refractivity contribution is 7.17. The van der Waals surface area contributed by atoms with Crippen LogP contribution >= 0.6 is 11.3 Å². The van der Waals surface area contributed by atoms with Gasteiger partial charge >= 0.3 is 0 Å². The van der Waals surface area contributed by atoms with Gasteiger partial charge in [-0.05, 0) is 34.9 Å². The van der Waals surface area contributed by atoms with E-state index in [1.54, 1.807) is 11.3 Å². The van der Waals surface area contributed by atoms with Gasteiger partial charge in [0.05, 0.1) is 11.3 Å². The molecule has 2 aromatic rings. The van der Waals surface area contributed by atoms with Crippen molar-refractivity contribution >= 4 is 27.1 Å². The summed E-state index contributed by atoms with van der Waals surface area (Å²) in [5.41, 5.74) is 8.13. The third kappa shape index (κ3) is 1.16. The second kappa shape index (κ2) is 3.32. The molecule has 0 saturated carbocycles. The maximum atomic E-state index is 9.00. The zero-order valence-electron chi connectivity index (χ0n) is 7.87. The van der Waals surface area contributed by atoms with E-state index in [1.807, 2.05) is 17.5 Å². The summed E-state index contributed by atoms with van der Waals surface area (Å²) in [6.07, 6.45) is 0.852. The zero-order chi connectivity index (χ0) is 10.1. The highest BCUT2D eigenvalue weighted by Gasteiger charge is 2.10. The van der Waals surface area contributed by atoms with Crippen molar-refractivity contribution in [2.75, 3.05) is 5.73 Å². The molecule has 0 aliphatic heterocycles. The molecular weight excluding hydrogens is 192 g/mol. The number of nitrogens with zero attached hydrogens (tertiary/aromatic N) is 1. The van der Waals surface area contributed by atoms with Crippen molar-refractivity contribution in [2.45, 2.75) is 13.3 Å². The fourth-order valence-electron chi connectivity index (χ4n) is 1.67. The van der Waals surface area contributed by atoms with E-state index in [-0.39, 0.29) is 0 Å². The molecule has 2 nitrogen and oxygen atoms in total. The third-order valence-corrected chi connectivity index (χ3v) is 3.33. The van der Waals surface area contributed by atoms with E-state index < -0.39 is 0 Å². The van der Waals surface area contributed by atoms with E-state index >= 15 is 0 Å². The van der Waals surface area contributed by atoms with Crippen molar-refractivity contribution in [3.8, 4) is 6.07 Å². The Balaban J connectivity index is 2.91. The Hall–Kier alpha value is -1.53. The van der Waals surface area contributed by atoms with Crippen molar-refractivity contribution in [3.63, 3.8) is 0 Å². The SMILES string of the molecule is CCc1c(C#N)c(N)cc2ccsc12. The Morgan fingerprint density at radius 3 is 3.00 bits per heavy atom. The van der Waals surface area contributed by atoms with Gasteiger partial charge in [0.25, 0.3) is 0 Å². The van der Waals surface area contributed by atoms with Crippen LogP contribution in [0.3, 0.4) is 0 Å². The molecule has 0 radical (unpaired) electrons. The van der Waals surface area contributed by atoms with Gasteiger partial charge in [-0.3, -0.25) is 0 Å². The minimum atomic E-state index is 0.593. The predicted molar refractivity (Wildman–Crippen MR) is 60.3 cm³/mol. The number of nitrogen functional groups attached to an aromatic ring is 1. The van der Waals surface area contributed by atoms with Gasteiger partial charge in [0.2, 0.25) is 0 Å². The lowest BCUT2D eigenvalue weighted by Gasteiger charge is -2.05. The number of rotatable bonds is 1. The summed E-state index contributed by atoms with van der Waals surface area (Å²) < 4.78 is 1.19. The van der Waals surface area contributed by atoms with Crippen LogP contribution in [0.1, 0.15) is 18.1 Å². The largest absolute Gasteiger partial charge is 0.398 e. The van der Waals surface area contributed by atoms with Crippen molar-refractivity contribution in [1.29, 1.82) is 5.26 Å². The average molecular weight is 202 g/mol. The number of aryl methyl sites for hydroxylation is 1. The molecule has 0 atom stereocenters. The van der Waals surface area contributed by atoms with E-state index in [1.165, 1.54) is 4.70 Å². The first-order valence-electron chi connectivity index (χ1n) is 4.46. The van der Waals surface area contributed by atoms with Gasteiger partial charge in [-0.1, -0.05) is 6.92 Å². The number of hydrogen-bond acceptors (Lipinski definition) is 3. The summed E-state index contributed by atoms with van der Waals surface area (Å²) in [5.74, 6) is 0. The molecule has 0 bridgehead atoms. The molecule has 1 aromatic heterocycles. The Kier molecular flexibility index (Phi) is 2.14. The van der Waals surface area contributed by atoms with Crippen molar-refractivity contribution < 1.29 is 0 Å². The van der Waals surface area contributed by atoms with Crippen LogP contribution < -0.4 is 5.73 Å². The molecule has 1 heterocycles. The second-order valence-corrected chi connectivity index (χ2v) is 4.04. The predicted octanol–water partition coefficient (Wildman–Crippen LogP) is 2.92. The zero-order valence-corrected chi connectivity index (χ0v) is 8.69. The third-order valence-electron chi connectivity index (χ3n) is 2.34. The summed E-state index contributed by atoms with van der Waals surface area (Å²) in [7, 11) is 0. The standard InChI is InChI=1S/C11H10N2S/c1-2-8-9(6-12)10(13)5-7-3-4-14-11(7)8/h3-5H,2,13H2,1H3. The summed E-state index contributed by atoms with van der Waals surface area (Å²) >= 11 is 1.67. The van der Waals surface area contributed by atoms with Crippen molar-refractivity contribution in [1.82, 2.24) is 0 Å². The molecule has 2 N–H and O–H groups in total. The van der Waals surface area contributed by atoms with Crippen molar-refractivity contribution in [2.24, 2.45) is 0 Å². The normalized spacial score (nSPS) is 10.3. The van der Waals surface area contributed by atoms with E-state index in [0.29, 0.717) is 11.3 Å². The second-order valence-electron chi connectivity index (χ2n) is 3.12. The van der Waals surface area contributed by atoms with Crippen LogP contribution in [0, 0.1) is 11.3 Å². The van der Waals surface area contributed by atoms with Crippen LogP contribution in [0.25, 0.3) is 10.1 Å². The molecule has 0 unspecified atom stereocenters. The Morgan fingerprint density at radius 2 is 2.36 bits per heavy atom. The Bertz CT molecular complexity index is 520. The quantitative estimate of drug-likeness (QED) is 0.723. The lowest BCUT2D eigenvalue weighted by Crippen LogP contribution is -1.95. The molecule has 0 fully saturated rings. The first-order valence-corrected chi connectivity index (χ1v) is 5.34. The molecule has 2 rings (SSSR count). The molecule has 3 heteroatoms. The van der Waals surface area contributed by atoms with Gasteiger partial charge in [0, 0.05) is 4.70 Å². The topological polar surface area (TPSA) is 49.8 Å². The number of thiophene rings is 1. The van der Waals surface area contributed by atoms with E-state index in [0.717, 1.165) is 17.4 Å². The van der Waals surface area contributed by atoms with E-state index in [9.17, 15) is 0 Å². The Labute approximate surface area is 86.6 Å². The highest BCUT2D eigenvalue weighted by Crippen LogP contribution is 2.31. The molecule has 0 aliphatic carbocycles. The lowest BCUT2D eigenvalue weighted by molar-refractivity contribution is 1.15. The summed E-state index contributed by atoms with van der Waals surface area (Å²) in [6, 6.07) is 6.10. The number of hydrogen-bond donors (Lipinski definition) is 1. The Morgan fingerprint density at radius 1 is 1.57 bits per heavy atom. The first kappa shape index (κ1) is 9.04. The minimum absolute atomic E-state index is 0.593. The van der Waals surface area contributed by atoms with E-state index in [2.05, 4.69) is 13.0 Å². The number of nitrogens with two attached hydrogens (primary N) is 1. The molecule has 0 amide bonds. The maximum Gasteiger partial charge on any atom is 0.102 e. The maximum absolute atomic E-state index is 9.00. The molecule has 0 aliphatic rings. The van der Waals surface area contributed by atoms with Crippen LogP contribution in [-0.4, -0.2) is 0 Å². The molecule has 14 heavy (non-hydrogen) atoms. The molecule has 1 aromatic carbocycles. The van der Waals surface area contributed by atoms with E-state index in [4.69, 9.17) is 11.0 Å². The van der Waals surface area contributed by atoms with Gasteiger partial charge < -0.3 is 5.73 Å². The lowest BCUT2D eigenvalue weighted by atomic mass is 10.0. The van der Waals surface area contributed by atoms with Crippen LogP contribution in [0.4, 0.5) is 5.69 Å². The van der Waals surface area contributed by atoms with Crippen LogP contribution in [0.2, 0.25) is 0 Å². The molecule has 0 spiro atoms. The molecule has 70 valence electrons. The highest BCUT2D eigenvalue weighted by atomic mass is 32.1. The fourth-order valence-corrected chi connectivity index (χ4v) is 2.68. The van der Waals surface area contributed by atoms with Crippen LogP contribution in [-0.2, 0) is 6.42 Å². The van der Waals surface area contributed by atoms with Gasteiger partial charge in [-0.25, -0.2) is 0 Å². The van der Waals surface area contributed by atoms with Crippen LogP contribution in [0.15, 0.2) is 17.5 Å². The number of anilines is 1. The minimum Gasteiger partial charge on any atom is -0.398 e. The summed E-state index contributed by atoms with van der Waals surface area (Å²) in [5, 5.41) is 12.2. The van der Waals surface area contributed by atoms with Crippen LogP contribution in [0.5, 0.6) is 0 Å². The van der Waals surface area contributed by atoms with Crippen molar-refractivity contribution in [3.05, 3.63) is 28.6 Å². The average Bonchev–Trinajstić information content (AvgIpc) is 2.62. The van der Waals surface area contributed by atoms with Gasteiger partial charge in [0.1, 0.15) is 6.07 Å².